The highest BCUT2D eigenvalue weighted by Crippen LogP contribution is 2.12. The van der Waals surface area contributed by atoms with Crippen LogP contribution in [0.3, 0.4) is 0 Å². The number of rotatable bonds is 7. The van der Waals surface area contributed by atoms with Gasteiger partial charge in [0.2, 0.25) is 0 Å². The van der Waals surface area contributed by atoms with Crippen molar-refractivity contribution in [3.05, 3.63) is 53.9 Å². The highest BCUT2D eigenvalue weighted by molar-refractivity contribution is 5.18. The van der Waals surface area contributed by atoms with E-state index in [9.17, 15) is 4.39 Å². The molecule has 1 unspecified atom stereocenters. The monoisotopic (exact) mass is 275 g/mol. The van der Waals surface area contributed by atoms with Gasteiger partial charge in [-0.25, -0.2) is 9.37 Å². The van der Waals surface area contributed by atoms with Gasteiger partial charge in [0.1, 0.15) is 11.6 Å². The third-order valence-electron chi connectivity index (χ3n) is 3.49. The lowest BCUT2D eigenvalue weighted by molar-refractivity contribution is 0.487. The molecule has 0 aliphatic carbocycles. The van der Waals surface area contributed by atoms with Gasteiger partial charge in [0.25, 0.3) is 0 Å². The summed E-state index contributed by atoms with van der Waals surface area (Å²) in [6.45, 7) is 5.95. The van der Waals surface area contributed by atoms with E-state index >= 15 is 0 Å². The van der Waals surface area contributed by atoms with Crippen LogP contribution in [0.15, 0.2) is 36.7 Å². The van der Waals surface area contributed by atoms with E-state index in [0.717, 1.165) is 30.9 Å². The molecule has 2 rings (SSSR count). The Morgan fingerprint density at radius 2 is 2.05 bits per heavy atom. The first-order valence-corrected chi connectivity index (χ1v) is 7.21. The summed E-state index contributed by atoms with van der Waals surface area (Å²) >= 11 is 0. The Balaban J connectivity index is 2.09. The molecule has 0 aliphatic rings. The van der Waals surface area contributed by atoms with Gasteiger partial charge in [-0.05, 0) is 31.5 Å². The minimum absolute atomic E-state index is 0.130. The predicted octanol–water partition coefficient (Wildman–Crippen LogP) is 2.81. The first-order chi connectivity index (χ1) is 9.74. The third kappa shape index (κ3) is 3.67. The summed E-state index contributed by atoms with van der Waals surface area (Å²) in [4.78, 5) is 4.40. The van der Waals surface area contributed by atoms with Gasteiger partial charge in [-0.2, -0.15) is 0 Å². The van der Waals surface area contributed by atoms with E-state index in [2.05, 4.69) is 28.7 Å². The Labute approximate surface area is 119 Å². The van der Waals surface area contributed by atoms with Crippen LogP contribution < -0.4 is 5.32 Å². The van der Waals surface area contributed by atoms with E-state index in [-0.39, 0.29) is 11.9 Å². The summed E-state index contributed by atoms with van der Waals surface area (Å²) in [5.41, 5.74) is 0.757. The minimum Gasteiger partial charge on any atom is -0.335 e. The van der Waals surface area contributed by atoms with Gasteiger partial charge in [-0.3, -0.25) is 0 Å². The molecule has 1 N–H and O–H groups in total. The van der Waals surface area contributed by atoms with Crippen molar-refractivity contribution in [3.63, 3.8) is 0 Å². The zero-order chi connectivity index (χ0) is 14.4. The van der Waals surface area contributed by atoms with E-state index < -0.39 is 0 Å². The average Bonchev–Trinajstić information content (AvgIpc) is 2.89. The SMILES string of the molecule is CCNC(Cc1ccccc1F)Cc1nccn1CC. The van der Waals surface area contributed by atoms with E-state index in [1.807, 2.05) is 24.5 Å². The number of aromatic nitrogens is 2. The number of benzene rings is 1. The Morgan fingerprint density at radius 1 is 1.25 bits per heavy atom. The molecule has 0 fully saturated rings. The molecule has 0 saturated carbocycles. The summed E-state index contributed by atoms with van der Waals surface area (Å²) < 4.78 is 15.9. The van der Waals surface area contributed by atoms with Crippen LogP contribution in [0.25, 0.3) is 0 Å². The van der Waals surface area contributed by atoms with Gasteiger partial charge in [0.05, 0.1) is 0 Å². The van der Waals surface area contributed by atoms with Crippen LogP contribution in [0.2, 0.25) is 0 Å². The Kier molecular flexibility index (Phi) is 5.30. The Hall–Kier alpha value is -1.68. The third-order valence-corrected chi connectivity index (χ3v) is 3.49. The largest absolute Gasteiger partial charge is 0.335 e. The number of nitrogens with zero attached hydrogens (tertiary/aromatic N) is 2. The van der Waals surface area contributed by atoms with Crippen LogP contribution in [0.1, 0.15) is 25.2 Å². The molecule has 1 aromatic carbocycles. The van der Waals surface area contributed by atoms with Crippen molar-refractivity contribution in [1.82, 2.24) is 14.9 Å². The minimum atomic E-state index is -0.130. The van der Waals surface area contributed by atoms with E-state index in [4.69, 9.17) is 0 Å². The fourth-order valence-corrected chi connectivity index (χ4v) is 2.47. The molecule has 3 nitrogen and oxygen atoms in total. The van der Waals surface area contributed by atoms with E-state index in [1.54, 1.807) is 6.07 Å². The number of hydrogen-bond donors (Lipinski definition) is 1. The molecular formula is C16H22FN3. The fourth-order valence-electron chi connectivity index (χ4n) is 2.47. The Morgan fingerprint density at radius 3 is 2.75 bits per heavy atom. The van der Waals surface area contributed by atoms with Crippen molar-refractivity contribution < 1.29 is 4.39 Å². The molecule has 1 heterocycles. The van der Waals surface area contributed by atoms with Gasteiger partial charge in [0.15, 0.2) is 0 Å². The molecule has 2 aromatic rings. The van der Waals surface area contributed by atoms with E-state index in [1.165, 1.54) is 6.07 Å². The van der Waals surface area contributed by atoms with Gasteiger partial charge in [-0.15, -0.1) is 0 Å². The number of halogens is 1. The maximum Gasteiger partial charge on any atom is 0.126 e. The zero-order valence-electron chi connectivity index (χ0n) is 12.1. The quantitative estimate of drug-likeness (QED) is 0.842. The van der Waals surface area contributed by atoms with Gasteiger partial charge in [0, 0.05) is 31.4 Å². The molecule has 20 heavy (non-hydrogen) atoms. The number of likely N-dealkylation sites (N-methyl/N-ethyl adjacent to an activating group) is 1. The first-order valence-electron chi connectivity index (χ1n) is 7.21. The molecule has 0 aliphatic heterocycles. The molecule has 0 amide bonds. The zero-order valence-corrected chi connectivity index (χ0v) is 12.1. The highest BCUT2D eigenvalue weighted by Gasteiger charge is 2.14. The lowest BCUT2D eigenvalue weighted by atomic mass is 10.0. The van der Waals surface area contributed by atoms with Gasteiger partial charge in [-0.1, -0.05) is 25.1 Å². The van der Waals surface area contributed by atoms with Crippen molar-refractivity contribution in [2.45, 2.75) is 39.3 Å². The van der Waals surface area contributed by atoms with Crippen molar-refractivity contribution in [2.24, 2.45) is 0 Å². The van der Waals surface area contributed by atoms with Crippen molar-refractivity contribution in [3.8, 4) is 0 Å². The number of aryl methyl sites for hydroxylation is 1. The smallest absolute Gasteiger partial charge is 0.126 e. The summed E-state index contributed by atoms with van der Waals surface area (Å²) in [6, 6.07) is 7.18. The Bertz CT molecular complexity index is 536. The fraction of sp³-hybridized carbons (Fsp3) is 0.438. The number of nitrogens with one attached hydrogen (secondary N) is 1. The summed E-state index contributed by atoms with van der Waals surface area (Å²) in [7, 11) is 0. The normalized spacial score (nSPS) is 12.6. The maximum atomic E-state index is 13.8. The molecular weight excluding hydrogens is 253 g/mol. The molecule has 0 spiro atoms. The van der Waals surface area contributed by atoms with Crippen LogP contribution >= 0.6 is 0 Å². The molecule has 1 atom stereocenters. The standard InChI is InChI=1S/C16H22FN3/c1-3-18-14(11-13-7-5-6-8-15(13)17)12-16-19-9-10-20(16)4-2/h5-10,14,18H,3-4,11-12H2,1-2H3. The molecule has 0 saturated heterocycles. The van der Waals surface area contributed by atoms with Gasteiger partial charge < -0.3 is 9.88 Å². The van der Waals surface area contributed by atoms with Crippen LogP contribution in [0.5, 0.6) is 0 Å². The van der Waals surface area contributed by atoms with Crippen molar-refractivity contribution in [1.29, 1.82) is 0 Å². The lowest BCUT2D eigenvalue weighted by Gasteiger charge is -2.18. The lowest BCUT2D eigenvalue weighted by Crippen LogP contribution is -2.34. The van der Waals surface area contributed by atoms with Crippen LogP contribution in [-0.2, 0) is 19.4 Å². The highest BCUT2D eigenvalue weighted by atomic mass is 19.1. The average molecular weight is 275 g/mol. The molecule has 0 bridgehead atoms. The topological polar surface area (TPSA) is 29.9 Å². The maximum absolute atomic E-state index is 13.8. The van der Waals surface area contributed by atoms with Crippen LogP contribution in [-0.4, -0.2) is 22.1 Å². The van der Waals surface area contributed by atoms with Gasteiger partial charge >= 0.3 is 0 Å². The van der Waals surface area contributed by atoms with Crippen LogP contribution in [0, 0.1) is 5.82 Å². The van der Waals surface area contributed by atoms with E-state index in [0.29, 0.717) is 6.42 Å². The second-order valence-electron chi connectivity index (χ2n) is 4.88. The summed E-state index contributed by atoms with van der Waals surface area (Å²) in [5, 5.41) is 3.43. The molecule has 0 radical (unpaired) electrons. The van der Waals surface area contributed by atoms with Crippen molar-refractivity contribution in [2.75, 3.05) is 6.54 Å². The second-order valence-corrected chi connectivity index (χ2v) is 4.88. The predicted molar refractivity (Wildman–Crippen MR) is 79.2 cm³/mol. The molecule has 1 aromatic heterocycles. The summed E-state index contributed by atoms with van der Waals surface area (Å²) in [5.74, 6) is 0.920. The number of hydrogen-bond acceptors (Lipinski definition) is 2. The molecule has 108 valence electrons. The second kappa shape index (κ2) is 7.20. The molecule has 4 heteroatoms. The first kappa shape index (κ1) is 14.7. The van der Waals surface area contributed by atoms with Crippen molar-refractivity contribution >= 4 is 0 Å². The number of imidazole rings is 1. The van der Waals surface area contributed by atoms with Crippen LogP contribution in [0.4, 0.5) is 4.39 Å². The summed E-state index contributed by atoms with van der Waals surface area (Å²) in [6.07, 6.45) is 5.30.